The van der Waals surface area contributed by atoms with Crippen molar-refractivity contribution in [2.24, 2.45) is 0 Å². The first-order valence-electron chi connectivity index (χ1n) is 7.80. The van der Waals surface area contributed by atoms with Gasteiger partial charge in [0, 0.05) is 13.1 Å². The SMILES string of the molecule is O=C(NN1CCCCC1)N(c1ccccc1)c1ccccc1. The zero-order chi connectivity index (χ0) is 15.2. The maximum absolute atomic E-state index is 12.8. The minimum atomic E-state index is -0.112. The van der Waals surface area contributed by atoms with E-state index < -0.39 is 0 Å². The fraction of sp³-hybridized carbons (Fsp3) is 0.278. The maximum Gasteiger partial charge on any atom is 0.341 e. The number of rotatable bonds is 3. The molecule has 0 saturated carbocycles. The number of hydrogen-bond acceptors (Lipinski definition) is 2. The molecular formula is C18H21N3O. The molecule has 1 N–H and O–H groups in total. The predicted octanol–water partition coefficient (Wildman–Crippen LogP) is 3.94. The Balaban J connectivity index is 1.83. The van der Waals surface area contributed by atoms with Crippen molar-refractivity contribution in [3.05, 3.63) is 60.7 Å². The Bertz CT molecular complexity index is 555. The third-order valence-electron chi connectivity index (χ3n) is 3.84. The van der Waals surface area contributed by atoms with Crippen LogP contribution in [0.2, 0.25) is 0 Å². The third-order valence-corrected chi connectivity index (χ3v) is 3.84. The molecule has 1 saturated heterocycles. The Labute approximate surface area is 131 Å². The summed E-state index contributed by atoms with van der Waals surface area (Å²) in [7, 11) is 0. The van der Waals surface area contributed by atoms with Crippen LogP contribution in [0.4, 0.5) is 16.2 Å². The molecule has 1 aliphatic heterocycles. The van der Waals surface area contributed by atoms with Gasteiger partial charge in [0.15, 0.2) is 0 Å². The number of nitrogens with zero attached hydrogens (tertiary/aromatic N) is 2. The molecule has 1 fully saturated rings. The average molecular weight is 295 g/mol. The number of piperidine rings is 1. The van der Waals surface area contributed by atoms with Gasteiger partial charge in [-0.3, -0.25) is 10.3 Å². The molecule has 4 heteroatoms. The monoisotopic (exact) mass is 295 g/mol. The zero-order valence-corrected chi connectivity index (χ0v) is 12.6. The Morgan fingerprint density at radius 2 is 1.32 bits per heavy atom. The van der Waals surface area contributed by atoms with Crippen LogP contribution < -0.4 is 10.3 Å². The highest BCUT2D eigenvalue weighted by molar-refractivity contribution is 5.99. The van der Waals surface area contributed by atoms with Crippen LogP contribution in [0.25, 0.3) is 0 Å². The number of urea groups is 1. The first-order valence-corrected chi connectivity index (χ1v) is 7.80. The summed E-state index contributed by atoms with van der Waals surface area (Å²) >= 11 is 0. The highest BCUT2D eigenvalue weighted by atomic mass is 16.2. The number of benzene rings is 2. The first kappa shape index (κ1) is 14.6. The molecule has 22 heavy (non-hydrogen) atoms. The molecule has 0 atom stereocenters. The molecule has 1 aliphatic rings. The lowest BCUT2D eigenvalue weighted by molar-refractivity contribution is 0.159. The van der Waals surface area contributed by atoms with Crippen LogP contribution in [-0.2, 0) is 0 Å². The number of hydrogen-bond donors (Lipinski definition) is 1. The van der Waals surface area contributed by atoms with Crippen LogP contribution in [0.3, 0.4) is 0 Å². The minimum Gasteiger partial charge on any atom is -0.270 e. The van der Waals surface area contributed by atoms with E-state index in [1.54, 1.807) is 4.90 Å². The largest absolute Gasteiger partial charge is 0.341 e. The van der Waals surface area contributed by atoms with Crippen LogP contribution >= 0.6 is 0 Å². The number of hydrazine groups is 1. The second-order valence-corrected chi connectivity index (χ2v) is 5.47. The lowest BCUT2D eigenvalue weighted by atomic mass is 10.2. The molecule has 4 nitrogen and oxygen atoms in total. The predicted molar refractivity (Wildman–Crippen MR) is 89.0 cm³/mol. The molecular weight excluding hydrogens is 274 g/mol. The van der Waals surface area contributed by atoms with Crippen molar-refractivity contribution < 1.29 is 4.79 Å². The second kappa shape index (κ2) is 7.09. The fourth-order valence-corrected chi connectivity index (χ4v) is 2.73. The minimum absolute atomic E-state index is 0.112. The standard InChI is InChI=1S/C18H21N3O/c22-18(19-20-14-8-3-9-15-20)21(16-10-4-1-5-11-16)17-12-6-2-7-13-17/h1-2,4-7,10-13H,3,8-9,14-15H2,(H,19,22). The first-order chi connectivity index (χ1) is 10.8. The molecule has 0 unspecified atom stereocenters. The Hall–Kier alpha value is -2.33. The van der Waals surface area contributed by atoms with Crippen molar-refractivity contribution >= 4 is 17.4 Å². The summed E-state index contributed by atoms with van der Waals surface area (Å²) in [6.45, 7) is 1.84. The van der Waals surface area contributed by atoms with Gasteiger partial charge < -0.3 is 0 Å². The maximum atomic E-state index is 12.8. The number of carbonyl (C=O) groups excluding carboxylic acids is 1. The van der Waals surface area contributed by atoms with Crippen LogP contribution in [0.1, 0.15) is 19.3 Å². The van der Waals surface area contributed by atoms with E-state index in [0.29, 0.717) is 0 Å². The Morgan fingerprint density at radius 3 is 1.82 bits per heavy atom. The molecule has 0 bridgehead atoms. The summed E-state index contributed by atoms with van der Waals surface area (Å²) in [6.07, 6.45) is 3.52. The van der Waals surface area contributed by atoms with E-state index in [2.05, 4.69) is 5.43 Å². The second-order valence-electron chi connectivity index (χ2n) is 5.47. The van der Waals surface area contributed by atoms with E-state index in [1.165, 1.54) is 6.42 Å². The Kier molecular flexibility index (Phi) is 4.71. The van der Waals surface area contributed by atoms with E-state index in [9.17, 15) is 4.79 Å². The highest BCUT2D eigenvalue weighted by Gasteiger charge is 2.20. The van der Waals surface area contributed by atoms with Crippen molar-refractivity contribution in [1.82, 2.24) is 10.4 Å². The van der Waals surface area contributed by atoms with Crippen LogP contribution in [0, 0.1) is 0 Å². The number of nitrogens with one attached hydrogen (secondary N) is 1. The van der Waals surface area contributed by atoms with Gasteiger partial charge >= 0.3 is 6.03 Å². The van der Waals surface area contributed by atoms with Gasteiger partial charge in [0.2, 0.25) is 0 Å². The number of anilines is 2. The van der Waals surface area contributed by atoms with E-state index in [1.807, 2.05) is 65.7 Å². The van der Waals surface area contributed by atoms with Crippen LogP contribution in [-0.4, -0.2) is 24.1 Å². The fourth-order valence-electron chi connectivity index (χ4n) is 2.73. The summed E-state index contributed by atoms with van der Waals surface area (Å²) in [5.74, 6) is 0. The van der Waals surface area contributed by atoms with E-state index in [4.69, 9.17) is 0 Å². The summed E-state index contributed by atoms with van der Waals surface area (Å²) in [5.41, 5.74) is 4.76. The summed E-state index contributed by atoms with van der Waals surface area (Å²) in [5, 5.41) is 2.02. The summed E-state index contributed by atoms with van der Waals surface area (Å²) < 4.78 is 0. The summed E-state index contributed by atoms with van der Waals surface area (Å²) in [6, 6.07) is 19.4. The van der Waals surface area contributed by atoms with E-state index in [0.717, 1.165) is 37.3 Å². The molecule has 1 heterocycles. The molecule has 0 aliphatic carbocycles. The zero-order valence-electron chi connectivity index (χ0n) is 12.6. The molecule has 114 valence electrons. The topological polar surface area (TPSA) is 35.6 Å². The molecule has 2 aromatic rings. The van der Waals surface area contributed by atoms with Gasteiger partial charge in [-0.15, -0.1) is 0 Å². The Morgan fingerprint density at radius 1 is 0.818 bits per heavy atom. The quantitative estimate of drug-likeness (QED) is 0.931. The average Bonchev–Trinajstić information content (AvgIpc) is 2.58. The lowest BCUT2D eigenvalue weighted by Gasteiger charge is -2.30. The van der Waals surface area contributed by atoms with Gasteiger partial charge in [0.1, 0.15) is 0 Å². The summed E-state index contributed by atoms with van der Waals surface area (Å²) in [4.78, 5) is 14.5. The molecule has 2 amide bonds. The van der Waals surface area contributed by atoms with Gasteiger partial charge in [0.25, 0.3) is 0 Å². The van der Waals surface area contributed by atoms with Crippen molar-refractivity contribution in [3.63, 3.8) is 0 Å². The lowest BCUT2D eigenvalue weighted by Crippen LogP contribution is -2.49. The molecule has 0 spiro atoms. The van der Waals surface area contributed by atoms with Crippen molar-refractivity contribution in [1.29, 1.82) is 0 Å². The van der Waals surface area contributed by atoms with Gasteiger partial charge in [-0.05, 0) is 37.1 Å². The highest BCUT2D eigenvalue weighted by Crippen LogP contribution is 2.25. The van der Waals surface area contributed by atoms with E-state index in [-0.39, 0.29) is 6.03 Å². The van der Waals surface area contributed by atoms with Gasteiger partial charge in [0.05, 0.1) is 11.4 Å². The van der Waals surface area contributed by atoms with Crippen LogP contribution in [0.15, 0.2) is 60.7 Å². The van der Waals surface area contributed by atoms with Crippen molar-refractivity contribution in [3.8, 4) is 0 Å². The normalized spacial score (nSPS) is 15.3. The van der Waals surface area contributed by atoms with Crippen LogP contribution in [0.5, 0.6) is 0 Å². The van der Waals surface area contributed by atoms with Gasteiger partial charge in [-0.1, -0.05) is 42.8 Å². The number of carbonyl (C=O) groups is 1. The third kappa shape index (κ3) is 3.46. The molecule has 3 rings (SSSR count). The molecule has 0 radical (unpaired) electrons. The molecule has 2 aromatic carbocycles. The van der Waals surface area contributed by atoms with E-state index >= 15 is 0 Å². The van der Waals surface area contributed by atoms with Crippen molar-refractivity contribution in [2.45, 2.75) is 19.3 Å². The smallest absolute Gasteiger partial charge is 0.270 e. The van der Waals surface area contributed by atoms with Gasteiger partial charge in [-0.2, -0.15) is 0 Å². The number of amides is 2. The number of para-hydroxylation sites is 2. The van der Waals surface area contributed by atoms with Gasteiger partial charge in [-0.25, -0.2) is 9.80 Å². The molecule has 0 aromatic heterocycles. The van der Waals surface area contributed by atoms with Crippen molar-refractivity contribution in [2.75, 3.05) is 18.0 Å².